The molecule has 5 atom stereocenters. The van der Waals surface area contributed by atoms with E-state index in [9.17, 15) is 4.79 Å². The molecule has 0 amide bonds. The van der Waals surface area contributed by atoms with E-state index in [4.69, 9.17) is 4.74 Å². The molecule has 0 bridgehead atoms. The molecular weight excluding hydrogens is 280 g/mol. The second-order valence-electron chi connectivity index (χ2n) is 6.80. The van der Waals surface area contributed by atoms with E-state index in [1.54, 1.807) is 0 Å². The largest absolute Gasteiger partial charge is 0.469 e. The van der Waals surface area contributed by atoms with E-state index in [-0.39, 0.29) is 11.9 Å². The summed E-state index contributed by atoms with van der Waals surface area (Å²) >= 11 is 1.87. The van der Waals surface area contributed by atoms with Gasteiger partial charge in [0.2, 0.25) is 0 Å². The van der Waals surface area contributed by atoms with Crippen LogP contribution in [0.5, 0.6) is 0 Å². The lowest BCUT2D eigenvalue weighted by Gasteiger charge is -2.45. The third-order valence-corrected chi connectivity index (χ3v) is 6.55. The van der Waals surface area contributed by atoms with Crippen molar-refractivity contribution in [2.75, 3.05) is 18.6 Å². The SMILES string of the molecule is CCSCC(C(=O)OC)[C@@H]1CC[C@@H](C)[C@@H]2CCC(C)=C[C@@H]21. The smallest absolute Gasteiger partial charge is 0.309 e. The summed E-state index contributed by atoms with van der Waals surface area (Å²) in [4.78, 5) is 12.3. The zero-order valence-electron chi connectivity index (χ0n) is 13.9. The van der Waals surface area contributed by atoms with E-state index in [2.05, 4.69) is 26.8 Å². The fourth-order valence-corrected chi connectivity index (χ4v) is 5.19. The zero-order chi connectivity index (χ0) is 15.4. The van der Waals surface area contributed by atoms with Gasteiger partial charge >= 0.3 is 5.97 Å². The lowest BCUT2D eigenvalue weighted by atomic mass is 9.60. The number of thioether (sulfide) groups is 1. The van der Waals surface area contributed by atoms with Gasteiger partial charge in [-0.3, -0.25) is 4.79 Å². The summed E-state index contributed by atoms with van der Waals surface area (Å²) in [6.07, 6.45) is 7.48. The van der Waals surface area contributed by atoms with Gasteiger partial charge < -0.3 is 4.74 Å². The molecule has 1 fully saturated rings. The average Bonchev–Trinajstić information content (AvgIpc) is 2.49. The highest BCUT2D eigenvalue weighted by Crippen LogP contribution is 2.48. The molecule has 2 nitrogen and oxygen atoms in total. The minimum atomic E-state index is 0.00544. The first-order valence-corrected chi connectivity index (χ1v) is 9.56. The van der Waals surface area contributed by atoms with Gasteiger partial charge in [0.1, 0.15) is 0 Å². The Morgan fingerprint density at radius 1 is 1.43 bits per heavy atom. The van der Waals surface area contributed by atoms with Gasteiger partial charge in [0.15, 0.2) is 0 Å². The molecule has 0 aliphatic heterocycles. The minimum Gasteiger partial charge on any atom is -0.469 e. The maximum atomic E-state index is 12.3. The van der Waals surface area contributed by atoms with Crippen LogP contribution in [0, 0.1) is 29.6 Å². The van der Waals surface area contributed by atoms with Gasteiger partial charge in [-0.15, -0.1) is 0 Å². The highest BCUT2D eigenvalue weighted by Gasteiger charge is 2.43. The lowest BCUT2D eigenvalue weighted by Crippen LogP contribution is -2.41. The van der Waals surface area contributed by atoms with E-state index in [0.717, 1.165) is 23.3 Å². The highest BCUT2D eigenvalue weighted by atomic mass is 32.2. The van der Waals surface area contributed by atoms with Crippen LogP contribution in [0.1, 0.15) is 46.5 Å². The predicted octanol–water partition coefficient (Wildman–Crippen LogP) is 4.55. The van der Waals surface area contributed by atoms with Crippen LogP contribution in [0.2, 0.25) is 0 Å². The van der Waals surface area contributed by atoms with Gasteiger partial charge in [-0.25, -0.2) is 0 Å². The number of esters is 1. The van der Waals surface area contributed by atoms with E-state index in [1.807, 2.05) is 11.8 Å². The van der Waals surface area contributed by atoms with Crippen molar-refractivity contribution in [2.45, 2.75) is 46.5 Å². The number of rotatable bonds is 5. The first-order chi connectivity index (χ1) is 10.1. The zero-order valence-corrected chi connectivity index (χ0v) is 14.7. The molecule has 0 radical (unpaired) electrons. The molecule has 3 heteroatoms. The number of methoxy groups -OCH3 is 1. The number of allylic oxidation sites excluding steroid dienone is 2. The van der Waals surface area contributed by atoms with Crippen molar-refractivity contribution in [1.29, 1.82) is 0 Å². The number of hydrogen-bond donors (Lipinski definition) is 0. The van der Waals surface area contributed by atoms with E-state index in [0.29, 0.717) is 11.8 Å². The van der Waals surface area contributed by atoms with Crippen molar-refractivity contribution in [3.8, 4) is 0 Å². The molecule has 0 saturated heterocycles. The third kappa shape index (κ3) is 3.85. The second kappa shape index (κ2) is 7.71. The van der Waals surface area contributed by atoms with Gasteiger partial charge in [-0.1, -0.05) is 31.9 Å². The fourth-order valence-electron chi connectivity index (χ4n) is 4.32. The van der Waals surface area contributed by atoms with Crippen LogP contribution in [0.15, 0.2) is 11.6 Å². The Labute approximate surface area is 134 Å². The van der Waals surface area contributed by atoms with Crippen LogP contribution in [0.4, 0.5) is 0 Å². The standard InChI is InChI=1S/C18H30O2S/c1-5-21-11-17(18(19)20-4)15-9-7-13(3)14-8-6-12(2)10-16(14)15/h10,13-17H,5-9,11H2,1-4H3/t13-,14+,15-,16+,17?/m1/s1. The van der Waals surface area contributed by atoms with Gasteiger partial charge in [0.05, 0.1) is 13.0 Å². The fraction of sp³-hybridized carbons (Fsp3) is 0.833. The molecule has 0 aromatic carbocycles. The maximum Gasteiger partial charge on any atom is 0.309 e. The van der Waals surface area contributed by atoms with Gasteiger partial charge in [-0.05, 0) is 55.6 Å². The third-order valence-electron chi connectivity index (χ3n) is 5.55. The summed E-state index contributed by atoms with van der Waals surface area (Å²) in [6.45, 7) is 6.81. The van der Waals surface area contributed by atoms with Crippen molar-refractivity contribution in [3.05, 3.63) is 11.6 Å². The van der Waals surface area contributed by atoms with Crippen LogP contribution in [0.3, 0.4) is 0 Å². The quantitative estimate of drug-likeness (QED) is 0.550. The van der Waals surface area contributed by atoms with Gasteiger partial charge in [0, 0.05) is 5.75 Å². The van der Waals surface area contributed by atoms with Crippen molar-refractivity contribution in [1.82, 2.24) is 0 Å². The van der Waals surface area contributed by atoms with Crippen LogP contribution < -0.4 is 0 Å². The Morgan fingerprint density at radius 2 is 2.19 bits per heavy atom. The Bertz CT molecular complexity index is 391. The minimum absolute atomic E-state index is 0.00544. The molecule has 0 aromatic rings. The van der Waals surface area contributed by atoms with E-state index < -0.39 is 0 Å². The molecule has 120 valence electrons. The molecule has 0 aromatic heterocycles. The lowest BCUT2D eigenvalue weighted by molar-refractivity contribution is -0.148. The number of ether oxygens (including phenoxy) is 1. The Morgan fingerprint density at radius 3 is 2.86 bits per heavy atom. The van der Waals surface area contributed by atoms with Crippen molar-refractivity contribution in [3.63, 3.8) is 0 Å². The van der Waals surface area contributed by atoms with Crippen molar-refractivity contribution in [2.24, 2.45) is 29.6 Å². The maximum absolute atomic E-state index is 12.3. The molecule has 0 spiro atoms. The van der Waals surface area contributed by atoms with Gasteiger partial charge in [0.25, 0.3) is 0 Å². The van der Waals surface area contributed by atoms with Crippen LogP contribution in [-0.4, -0.2) is 24.6 Å². The Balaban J connectivity index is 2.21. The summed E-state index contributed by atoms with van der Waals surface area (Å²) in [5, 5.41) is 0. The monoisotopic (exact) mass is 310 g/mol. The van der Waals surface area contributed by atoms with Crippen LogP contribution in [0.25, 0.3) is 0 Å². The number of fused-ring (bicyclic) bond motifs is 1. The molecule has 1 saturated carbocycles. The molecule has 0 heterocycles. The summed E-state index contributed by atoms with van der Waals surface area (Å²) in [7, 11) is 1.54. The summed E-state index contributed by atoms with van der Waals surface area (Å²) in [5.74, 6) is 4.70. The van der Waals surface area contributed by atoms with Gasteiger partial charge in [-0.2, -0.15) is 11.8 Å². The number of hydrogen-bond acceptors (Lipinski definition) is 3. The Kier molecular flexibility index (Phi) is 6.21. The van der Waals surface area contributed by atoms with Crippen molar-refractivity contribution >= 4 is 17.7 Å². The molecule has 21 heavy (non-hydrogen) atoms. The summed E-state index contributed by atoms with van der Waals surface area (Å²) in [6, 6.07) is 0. The van der Waals surface area contributed by atoms with E-state index >= 15 is 0 Å². The van der Waals surface area contributed by atoms with E-state index in [1.165, 1.54) is 38.4 Å². The molecule has 1 unspecified atom stereocenters. The van der Waals surface area contributed by atoms with Crippen molar-refractivity contribution < 1.29 is 9.53 Å². The highest BCUT2D eigenvalue weighted by molar-refractivity contribution is 7.99. The second-order valence-corrected chi connectivity index (χ2v) is 8.12. The predicted molar refractivity (Wildman–Crippen MR) is 90.4 cm³/mol. The Hall–Kier alpha value is -0.440. The molecule has 0 N–H and O–H groups in total. The number of carbonyl (C=O) groups excluding carboxylic acids is 1. The molecule has 2 aliphatic carbocycles. The number of carbonyl (C=O) groups is 1. The topological polar surface area (TPSA) is 26.3 Å². The molecule has 2 aliphatic rings. The average molecular weight is 311 g/mol. The summed E-state index contributed by atoms with van der Waals surface area (Å²) in [5.41, 5.74) is 1.52. The van der Waals surface area contributed by atoms with Crippen LogP contribution >= 0.6 is 11.8 Å². The normalized spacial score (nSPS) is 33.8. The first kappa shape index (κ1) is 16.9. The first-order valence-electron chi connectivity index (χ1n) is 8.41. The van der Waals surface area contributed by atoms with Crippen LogP contribution in [-0.2, 0) is 9.53 Å². The summed E-state index contributed by atoms with van der Waals surface area (Å²) < 4.78 is 5.12. The molecular formula is C18H30O2S. The molecule has 2 rings (SSSR count).